The molecule has 146 valence electrons. The van der Waals surface area contributed by atoms with E-state index in [1.807, 2.05) is 6.92 Å². The van der Waals surface area contributed by atoms with E-state index in [1.54, 1.807) is 23.5 Å². The second-order valence-electron chi connectivity index (χ2n) is 6.88. The lowest BCUT2D eigenvalue weighted by molar-refractivity contribution is -0.119. The van der Waals surface area contributed by atoms with Crippen LogP contribution in [-0.2, 0) is 23.4 Å². The Morgan fingerprint density at radius 1 is 1.36 bits per heavy atom. The third-order valence-corrected chi connectivity index (χ3v) is 6.97. The first kappa shape index (κ1) is 19.1. The largest absolute Gasteiger partial charge is 0.349 e. The first-order chi connectivity index (χ1) is 13.5. The van der Waals surface area contributed by atoms with Crippen LogP contribution in [0.1, 0.15) is 41.2 Å². The molecular weight excluding hydrogens is 397 g/mol. The predicted octanol–water partition coefficient (Wildman–Crippen LogP) is 3.72. The van der Waals surface area contributed by atoms with Gasteiger partial charge in [-0.3, -0.25) is 9.59 Å². The van der Waals surface area contributed by atoms with E-state index in [9.17, 15) is 14.0 Å². The molecule has 5 nitrogen and oxygen atoms in total. The van der Waals surface area contributed by atoms with Gasteiger partial charge in [0.05, 0.1) is 22.9 Å². The molecule has 0 saturated heterocycles. The molecule has 1 aromatic carbocycles. The number of amides is 1. The lowest BCUT2D eigenvalue weighted by Gasteiger charge is -2.14. The quantitative estimate of drug-likeness (QED) is 0.641. The number of aromatic amines is 1. The number of aromatic nitrogens is 2. The summed E-state index contributed by atoms with van der Waals surface area (Å²) in [5, 5.41) is 3.64. The summed E-state index contributed by atoms with van der Waals surface area (Å²) in [6.45, 7) is 1.86. The first-order valence-corrected chi connectivity index (χ1v) is 11.1. The topological polar surface area (TPSA) is 74.8 Å². The summed E-state index contributed by atoms with van der Waals surface area (Å²) >= 11 is 3.02. The van der Waals surface area contributed by atoms with Crippen LogP contribution in [0.3, 0.4) is 0 Å². The number of nitrogens with zero attached hydrogens (tertiary/aromatic N) is 1. The fraction of sp³-hybridized carbons (Fsp3) is 0.350. The van der Waals surface area contributed by atoms with Crippen LogP contribution in [0, 0.1) is 5.82 Å². The van der Waals surface area contributed by atoms with E-state index in [1.165, 1.54) is 34.3 Å². The van der Waals surface area contributed by atoms with Gasteiger partial charge in [-0.2, -0.15) is 0 Å². The zero-order valence-corrected chi connectivity index (χ0v) is 17.0. The molecule has 0 radical (unpaired) electrons. The minimum absolute atomic E-state index is 0.0746. The van der Waals surface area contributed by atoms with E-state index < -0.39 is 0 Å². The van der Waals surface area contributed by atoms with Crippen LogP contribution in [0.25, 0.3) is 10.2 Å². The molecule has 0 fully saturated rings. The normalized spacial score (nSPS) is 14.2. The van der Waals surface area contributed by atoms with Crippen molar-refractivity contribution in [2.45, 2.75) is 38.0 Å². The number of thiophene rings is 1. The van der Waals surface area contributed by atoms with Gasteiger partial charge in [-0.25, -0.2) is 9.37 Å². The Kier molecular flexibility index (Phi) is 5.50. The Bertz CT molecular complexity index is 1080. The van der Waals surface area contributed by atoms with Crippen molar-refractivity contribution in [2.24, 2.45) is 0 Å². The zero-order valence-electron chi connectivity index (χ0n) is 15.4. The number of hydrogen-bond donors (Lipinski definition) is 2. The summed E-state index contributed by atoms with van der Waals surface area (Å²) in [6, 6.07) is 5.89. The maximum absolute atomic E-state index is 13.0. The maximum atomic E-state index is 13.0. The Balaban J connectivity index is 1.34. The highest BCUT2D eigenvalue weighted by Gasteiger charge is 2.21. The van der Waals surface area contributed by atoms with Gasteiger partial charge < -0.3 is 10.3 Å². The van der Waals surface area contributed by atoms with Crippen LogP contribution in [-0.4, -0.2) is 21.6 Å². The molecule has 2 aromatic heterocycles. The molecule has 0 bridgehead atoms. The van der Waals surface area contributed by atoms with Crippen LogP contribution in [0.15, 0.2) is 29.1 Å². The number of rotatable bonds is 6. The highest BCUT2D eigenvalue weighted by atomic mass is 32.2. The number of fused-ring (bicyclic) bond motifs is 3. The van der Waals surface area contributed by atoms with Crippen molar-refractivity contribution in [3.63, 3.8) is 0 Å². The molecular formula is C20H20FN3O2S2. The number of carbonyl (C=O) groups is 1. The molecule has 1 amide bonds. The lowest BCUT2D eigenvalue weighted by atomic mass is 10.1. The third-order valence-electron chi connectivity index (χ3n) is 4.84. The van der Waals surface area contributed by atoms with E-state index in [0.717, 1.165) is 35.0 Å². The van der Waals surface area contributed by atoms with Crippen molar-refractivity contribution >= 4 is 39.2 Å². The molecule has 0 spiro atoms. The maximum Gasteiger partial charge on any atom is 0.259 e. The Morgan fingerprint density at radius 3 is 2.93 bits per heavy atom. The van der Waals surface area contributed by atoms with Gasteiger partial charge in [0.1, 0.15) is 16.5 Å². The Hall–Kier alpha value is -2.19. The van der Waals surface area contributed by atoms with Crippen LogP contribution >= 0.6 is 23.1 Å². The molecule has 1 aliphatic carbocycles. The average molecular weight is 418 g/mol. The van der Waals surface area contributed by atoms with Gasteiger partial charge >= 0.3 is 0 Å². The summed E-state index contributed by atoms with van der Waals surface area (Å²) in [7, 11) is 0. The fourth-order valence-corrected chi connectivity index (χ4v) is 5.46. The van der Waals surface area contributed by atoms with E-state index in [-0.39, 0.29) is 29.1 Å². The molecule has 4 rings (SSSR count). The summed E-state index contributed by atoms with van der Waals surface area (Å²) in [4.78, 5) is 34.1. The summed E-state index contributed by atoms with van der Waals surface area (Å²) < 4.78 is 13.0. The van der Waals surface area contributed by atoms with Crippen molar-refractivity contribution < 1.29 is 9.18 Å². The van der Waals surface area contributed by atoms with Crippen LogP contribution < -0.4 is 10.9 Å². The van der Waals surface area contributed by atoms with Crippen LogP contribution in [0.5, 0.6) is 0 Å². The molecule has 0 aliphatic heterocycles. The SMILES string of the molecule is CC(NC(=O)CSCc1nc2sc3c(c2c(=O)[nH]1)CCC3)c1ccc(F)cc1. The number of benzene rings is 1. The molecule has 2 N–H and O–H groups in total. The van der Waals surface area contributed by atoms with Crippen molar-refractivity contribution in [3.8, 4) is 0 Å². The molecule has 28 heavy (non-hydrogen) atoms. The Labute approximate surface area is 169 Å². The van der Waals surface area contributed by atoms with Crippen LogP contribution in [0.2, 0.25) is 0 Å². The van der Waals surface area contributed by atoms with E-state index >= 15 is 0 Å². The third kappa shape index (κ3) is 3.98. The van der Waals surface area contributed by atoms with Crippen molar-refractivity contribution in [2.75, 3.05) is 5.75 Å². The fourth-order valence-electron chi connectivity index (χ4n) is 3.47. The molecule has 8 heteroatoms. The highest BCUT2D eigenvalue weighted by Crippen LogP contribution is 2.34. The number of H-pyrrole nitrogens is 1. The molecule has 1 aliphatic rings. The van der Waals surface area contributed by atoms with Gasteiger partial charge in [0.15, 0.2) is 0 Å². The minimum Gasteiger partial charge on any atom is -0.349 e. The number of thioether (sulfide) groups is 1. The highest BCUT2D eigenvalue weighted by molar-refractivity contribution is 7.99. The number of nitrogens with one attached hydrogen (secondary N) is 2. The molecule has 0 saturated carbocycles. The number of hydrogen-bond acceptors (Lipinski definition) is 5. The second kappa shape index (κ2) is 8.05. The summed E-state index contributed by atoms with van der Waals surface area (Å²) in [6.07, 6.45) is 3.10. The summed E-state index contributed by atoms with van der Waals surface area (Å²) in [5.74, 6) is 0.912. The number of aryl methyl sites for hydroxylation is 2. The first-order valence-electron chi connectivity index (χ1n) is 9.17. The lowest BCUT2D eigenvalue weighted by Crippen LogP contribution is -2.28. The van der Waals surface area contributed by atoms with Gasteiger partial charge in [0.25, 0.3) is 5.56 Å². The zero-order chi connectivity index (χ0) is 19.7. The minimum atomic E-state index is -0.299. The Morgan fingerprint density at radius 2 is 2.14 bits per heavy atom. The van der Waals surface area contributed by atoms with E-state index in [4.69, 9.17) is 0 Å². The van der Waals surface area contributed by atoms with E-state index in [2.05, 4.69) is 15.3 Å². The van der Waals surface area contributed by atoms with Crippen LogP contribution in [0.4, 0.5) is 4.39 Å². The smallest absolute Gasteiger partial charge is 0.259 e. The number of halogens is 1. The summed E-state index contributed by atoms with van der Waals surface area (Å²) in [5.41, 5.74) is 1.94. The molecule has 1 atom stereocenters. The van der Waals surface area contributed by atoms with Gasteiger partial charge in [0.2, 0.25) is 5.91 Å². The molecule has 3 aromatic rings. The predicted molar refractivity (Wildman–Crippen MR) is 111 cm³/mol. The van der Waals surface area contributed by atoms with E-state index in [0.29, 0.717) is 11.6 Å². The van der Waals surface area contributed by atoms with Gasteiger partial charge in [-0.1, -0.05) is 12.1 Å². The van der Waals surface area contributed by atoms with Crippen molar-refractivity contribution in [3.05, 3.63) is 62.3 Å². The van der Waals surface area contributed by atoms with Crippen molar-refractivity contribution in [1.82, 2.24) is 15.3 Å². The van der Waals surface area contributed by atoms with Crippen molar-refractivity contribution in [1.29, 1.82) is 0 Å². The monoisotopic (exact) mass is 417 g/mol. The second-order valence-corrected chi connectivity index (χ2v) is 8.95. The molecule has 1 unspecified atom stereocenters. The van der Waals surface area contributed by atoms with Gasteiger partial charge in [-0.05, 0) is 49.4 Å². The van der Waals surface area contributed by atoms with Gasteiger partial charge in [0, 0.05) is 4.88 Å². The van der Waals surface area contributed by atoms with Gasteiger partial charge in [-0.15, -0.1) is 23.1 Å². The average Bonchev–Trinajstić information content (AvgIpc) is 3.22. The molecule has 2 heterocycles. The standard InChI is InChI=1S/C20H20FN3O2S2/c1-11(12-5-7-13(21)8-6-12)22-17(25)10-27-9-16-23-19(26)18-14-3-2-4-15(14)28-20(18)24-16/h5-8,11H,2-4,9-10H2,1H3,(H,22,25)(H,23,24,26). The number of carbonyl (C=O) groups excluding carboxylic acids is 1.